The number of carboxylic acid groups (broad SMARTS) is 1. The highest BCUT2D eigenvalue weighted by Crippen LogP contribution is 2.29. The molecule has 1 aliphatic carbocycles. The number of aliphatic carboxylic acids is 1. The smallest absolute Gasteiger partial charge is 0.305 e. The number of nitrogens with one attached hydrogen (secondary N) is 2. The predicted octanol–water partition coefficient (Wildman–Crippen LogP) is 0.359. The molecule has 1 aromatic heterocycles. The number of hydrogen-bond donors (Lipinski definition) is 2. The molecule has 2 rings (SSSR count). The molecule has 1 saturated carbocycles. The largest absolute Gasteiger partial charge is 0.550 e. The highest BCUT2D eigenvalue weighted by Gasteiger charge is 2.32. The van der Waals surface area contributed by atoms with E-state index in [0.717, 1.165) is 12.8 Å². The minimum absolute atomic E-state index is 0.0299. The van der Waals surface area contributed by atoms with Gasteiger partial charge in [-0.25, -0.2) is 0 Å². The Morgan fingerprint density at radius 3 is 2.38 bits per heavy atom. The molecule has 0 saturated heterocycles. The highest BCUT2D eigenvalue weighted by atomic mass is 79.9. The molecule has 1 fully saturated rings. The number of amides is 2. The average molecular weight is 358 g/mol. The molecule has 1 heterocycles. The first kappa shape index (κ1) is 15.6. The van der Waals surface area contributed by atoms with Crippen LogP contribution in [0.25, 0.3) is 0 Å². The van der Waals surface area contributed by atoms with Crippen molar-refractivity contribution in [3.63, 3.8) is 0 Å². The van der Waals surface area contributed by atoms with Crippen molar-refractivity contribution in [3.05, 3.63) is 22.6 Å². The van der Waals surface area contributed by atoms with E-state index in [1.54, 1.807) is 6.07 Å². The first-order valence-electron chi connectivity index (χ1n) is 6.55. The molecule has 1 aromatic rings. The normalized spacial score (nSPS) is 21.6. The molecule has 0 aromatic carbocycles. The fourth-order valence-electron chi connectivity index (χ4n) is 2.44. The topological polar surface area (TPSA) is 111 Å². The lowest BCUT2D eigenvalue weighted by atomic mass is 9.79. The van der Waals surface area contributed by atoms with E-state index in [0.29, 0.717) is 17.5 Å². The number of carboxylic acids is 1. The fraction of sp³-hybridized carbons (Fsp3) is 0.462. The molecule has 2 amide bonds. The van der Waals surface area contributed by atoms with Gasteiger partial charge in [-0.1, -0.05) is 12.8 Å². The van der Waals surface area contributed by atoms with Gasteiger partial charge in [0.25, 0.3) is 0 Å². The quantitative estimate of drug-likeness (QED) is 0.758. The zero-order valence-electron chi connectivity index (χ0n) is 11.1. The summed E-state index contributed by atoms with van der Waals surface area (Å²) < 4.78 is 5.42. The van der Waals surface area contributed by atoms with Gasteiger partial charge in [0.05, 0.1) is 0 Å². The van der Waals surface area contributed by atoms with Gasteiger partial charge in [0.2, 0.25) is 5.91 Å². The van der Waals surface area contributed by atoms with Gasteiger partial charge in [-0.3, -0.25) is 20.4 Å². The van der Waals surface area contributed by atoms with Gasteiger partial charge >= 0.3 is 5.91 Å². The summed E-state index contributed by atoms with van der Waals surface area (Å²) in [5.74, 6) is -3.84. The van der Waals surface area contributed by atoms with Gasteiger partial charge in [-0.2, -0.15) is 0 Å². The van der Waals surface area contributed by atoms with Gasteiger partial charge in [-0.05, 0) is 40.9 Å². The predicted molar refractivity (Wildman–Crippen MR) is 72.5 cm³/mol. The first-order chi connectivity index (χ1) is 9.99. The number of carbonyl (C=O) groups is 3. The number of hydrazine groups is 1. The molecule has 0 radical (unpaired) electrons. The molecule has 0 bridgehead atoms. The van der Waals surface area contributed by atoms with Gasteiger partial charge in [0.1, 0.15) is 0 Å². The fourth-order valence-corrected chi connectivity index (χ4v) is 2.74. The van der Waals surface area contributed by atoms with Crippen LogP contribution in [-0.4, -0.2) is 17.8 Å². The second kappa shape index (κ2) is 6.75. The maximum absolute atomic E-state index is 12.0. The third kappa shape index (κ3) is 3.84. The number of rotatable bonds is 3. The molecule has 0 aliphatic heterocycles. The van der Waals surface area contributed by atoms with Gasteiger partial charge in [0, 0.05) is 17.8 Å². The lowest BCUT2D eigenvalue weighted by Crippen LogP contribution is -2.49. The van der Waals surface area contributed by atoms with Gasteiger partial charge in [-0.15, -0.1) is 0 Å². The van der Waals surface area contributed by atoms with Crippen molar-refractivity contribution in [3.8, 4) is 0 Å². The zero-order valence-corrected chi connectivity index (χ0v) is 12.6. The van der Waals surface area contributed by atoms with Crippen molar-refractivity contribution in [2.45, 2.75) is 25.7 Å². The molecule has 0 spiro atoms. The Balaban J connectivity index is 1.91. The van der Waals surface area contributed by atoms with E-state index in [2.05, 4.69) is 26.8 Å². The van der Waals surface area contributed by atoms with Crippen LogP contribution in [0.5, 0.6) is 0 Å². The van der Waals surface area contributed by atoms with Crippen LogP contribution < -0.4 is 16.0 Å². The van der Waals surface area contributed by atoms with E-state index >= 15 is 0 Å². The summed E-state index contributed by atoms with van der Waals surface area (Å²) in [4.78, 5) is 34.7. The molecule has 1 aliphatic rings. The van der Waals surface area contributed by atoms with E-state index < -0.39 is 29.6 Å². The molecular formula is C13H14BrN2O5-. The summed E-state index contributed by atoms with van der Waals surface area (Å²) >= 11 is 3.06. The maximum atomic E-state index is 12.0. The van der Waals surface area contributed by atoms with Crippen molar-refractivity contribution < 1.29 is 23.9 Å². The van der Waals surface area contributed by atoms with E-state index in [1.165, 1.54) is 6.07 Å². The standard InChI is InChI=1S/C13H15BrN2O5/c14-10-6-5-9(21-10)12(18)16-15-11(17)7-3-1-2-4-8(7)13(19)20/h5-8H,1-4H2,(H,15,17)(H,16,18)(H,19,20)/p-1/t7-,8+/m1/s1. The third-order valence-corrected chi connectivity index (χ3v) is 3.93. The van der Waals surface area contributed by atoms with Crippen molar-refractivity contribution in [1.29, 1.82) is 0 Å². The van der Waals surface area contributed by atoms with Crippen molar-refractivity contribution in [1.82, 2.24) is 10.9 Å². The zero-order chi connectivity index (χ0) is 15.4. The summed E-state index contributed by atoms with van der Waals surface area (Å²) in [5, 5.41) is 11.0. The van der Waals surface area contributed by atoms with E-state index in [1.807, 2.05) is 0 Å². The molecule has 0 unspecified atom stereocenters. The molecule has 8 heteroatoms. The highest BCUT2D eigenvalue weighted by molar-refractivity contribution is 9.10. The van der Waals surface area contributed by atoms with Crippen molar-refractivity contribution in [2.24, 2.45) is 11.8 Å². The Kier molecular flexibility index (Phi) is 5.00. The Bertz CT molecular complexity index is 557. The lowest BCUT2D eigenvalue weighted by Gasteiger charge is -2.30. The van der Waals surface area contributed by atoms with Crippen molar-refractivity contribution >= 4 is 33.7 Å². The van der Waals surface area contributed by atoms with E-state index in [4.69, 9.17) is 4.42 Å². The summed E-state index contributed by atoms with van der Waals surface area (Å²) in [6.07, 6.45) is 2.42. The van der Waals surface area contributed by atoms with Crippen LogP contribution in [0.1, 0.15) is 36.2 Å². The third-order valence-electron chi connectivity index (χ3n) is 3.50. The monoisotopic (exact) mass is 357 g/mol. The van der Waals surface area contributed by atoms with Crippen LogP contribution in [0, 0.1) is 11.8 Å². The molecule has 21 heavy (non-hydrogen) atoms. The van der Waals surface area contributed by atoms with Gasteiger partial charge < -0.3 is 14.3 Å². The Labute approximate surface area is 129 Å². The van der Waals surface area contributed by atoms with Crippen LogP contribution in [0.15, 0.2) is 21.2 Å². The van der Waals surface area contributed by atoms with Crippen LogP contribution in [0.3, 0.4) is 0 Å². The van der Waals surface area contributed by atoms with Crippen molar-refractivity contribution in [2.75, 3.05) is 0 Å². The lowest BCUT2D eigenvalue weighted by molar-refractivity contribution is -0.314. The SMILES string of the molecule is O=C(NNC(=O)[C@@H]1CCCC[C@@H]1C(=O)[O-])c1ccc(Br)o1. The van der Waals surface area contributed by atoms with E-state index in [-0.39, 0.29) is 5.76 Å². The van der Waals surface area contributed by atoms with Crippen LogP contribution in [0.4, 0.5) is 0 Å². The molecule has 2 atom stereocenters. The minimum atomic E-state index is -1.23. The Morgan fingerprint density at radius 1 is 1.14 bits per heavy atom. The molecule has 114 valence electrons. The number of halogens is 1. The van der Waals surface area contributed by atoms with Crippen LogP contribution in [-0.2, 0) is 9.59 Å². The first-order valence-corrected chi connectivity index (χ1v) is 7.34. The summed E-state index contributed by atoms with van der Waals surface area (Å²) in [7, 11) is 0. The summed E-state index contributed by atoms with van der Waals surface area (Å²) in [6, 6.07) is 2.99. The number of hydrogen-bond acceptors (Lipinski definition) is 5. The van der Waals surface area contributed by atoms with Crippen LogP contribution in [0.2, 0.25) is 0 Å². The molecular weight excluding hydrogens is 344 g/mol. The van der Waals surface area contributed by atoms with Crippen LogP contribution >= 0.6 is 15.9 Å². The Morgan fingerprint density at radius 2 is 1.81 bits per heavy atom. The average Bonchev–Trinajstić information content (AvgIpc) is 2.91. The maximum Gasteiger partial charge on any atom is 0.305 e. The molecule has 2 N–H and O–H groups in total. The van der Waals surface area contributed by atoms with Gasteiger partial charge in [0.15, 0.2) is 10.4 Å². The summed E-state index contributed by atoms with van der Waals surface area (Å²) in [6.45, 7) is 0. The van der Waals surface area contributed by atoms with E-state index in [9.17, 15) is 19.5 Å². The minimum Gasteiger partial charge on any atom is -0.550 e. The number of carbonyl (C=O) groups excluding carboxylic acids is 3. The number of furan rings is 1. The summed E-state index contributed by atoms with van der Waals surface area (Å²) in [5.41, 5.74) is 4.44. The second-order valence-electron chi connectivity index (χ2n) is 4.86. The Hall–Kier alpha value is -1.83. The molecule has 7 nitrogen and oxygen atoms in total. The second-order valence-corrected chi connectivity index (χ2v) is 5.65.